The summed E-state index contributed by atoms with van der Waals surface area (Å²) >= 11 is 2.06. The van der Waals surface area contributed by atoms with Crippen molar-refractivity contribution in [2.75, 3.05) is 27.3 Å². The molecule has 24 heteroatoms. The molecule has 2 saturated heterocycles. The molecular formula is C46H62F6INO14S2. The third kappa shape index (κ3) is 11.3. The van der Waals surface area contributed by atoms with E-state index in [1.807, 2.05) is 0 Å². The molecule has 2 aromatic rings. The summed E-state index contributed by atoms with van der Waals surface area (Å²) in [6, 6.07) is 19.4. The molecule has 4 bridgehead atoms. The van der Waals surface area contributed by atoms with Gasteiger partial charge in [0.1, 0.15) is 19.8 Å². The maximum atomic E-state index is 13.4. The van der Waals surface area contributed by atoms with E-state index in [2.05, 4.69) is 122 Å². The molecule has 0 aromatic heterocycles. The largest absolute Gasteiger partial charge is 0.743 e. The molecule has 0 spiro atoms. The molecule has 2 heterocycles. The fraction of sp³-hybridized carbons (Fsp3) is 0.652. The van der Waals surface area contributed by atoms with Crippen LogP contribution < -0.4 is 27.5 Å². The SMILES string of the molecule is CC12CCC(C(=O)OCC(F)C(F)(F)S(=O)(=O)[O-])(OC1=O)C2(C)C.CC12CCC(C(=O)OCC(F)C(F)(F)S(=O)(=O)[O-])(OC1=O)C2(C)C.CCC(C)(C)c1ccc([IH+])cc1.C[NH+](C)Cc1ccccc1. The van der Waals surface area contributed by atoms with Crippen LogP contribution in [0.1, 0.15) is 106 Å². The molecule has 70 heavy (non-hydrogen) atoms. The normalized spacial score (nSPS) is 26.2. The third-order valence-corrected chi connectivity index (χ3v) is 17.5. The van der Waals surface area contributed by atoms with Gasteiger partial charge in [0.05, 0.1) is 24.9 Å². The van der Waals surface area contributed by atoms with Crippen LogP contribution in [0, 0.1) is 25.2 Å². The Balaban J connectivity index is 0.000000263. The van der Waals surface area contributed by atoms with Gasteiger partial charge in [0.25, 0.3) is 22.6 Å². The molecule has 6 atom stereocenters. The number of quaternary nitrogens is 1. The topological polar surface area (TPSA) is 224 Å². The molecule has 1 N–H and O–H groups in total. The lowest BCUT2D eigenvalue weighted by atomic mass is 9.66. The Labute approximate surface area is 418 Å². The van der Waals surface area contributed by atoms with Crippen molar-refractivity contribution in [3.63, 3.8) is 0 Å². The van der Waals surface area contributed by atoms with Crippen molar-refractivity contribution in [1.29, 1.82) is 0 Å². The fourth-order valence-electron chi connectivity index (χ4n) is 8.56. The van der Waals surface area contributed by atoms with Crippen molar-refractivity contribution in [1.82, 2.24) is 0 Å². The van der Waals surface area contributed by atoms with Crippen molar-refractivity contribution in [3.05, 3.63) is 69.3 Å². The van der Waals surface area contributed by atoms with Gasteiger partial charge in [-0.3, -0.25) is 9.59 Å². The van der Waals surface area contributed by atoms with Crippen LogP contribution in [-0.2, 0) is 70.3 Å². The Hall–Kier alpha value is -3.59. The first kappa shape index (κ1) is 60.7. The summed E-state index contributed by atoms with van der Waals surface area (Å²) < 4.78 is 162. The van der Waals surface area contributed by atoms with Gasteiger partial charge in [-0.1, -0.05) is 90.9 Å². The van der Waals surface area contributed by atoms with Crippen LogP contribution >= 0.6 is 0 Å². The number of hydrogen-bond acceptors (Lipinski definition) is 14. The van der Waals surface area contributed by atoms with Crippen molar-refractivity contribution in [2.45, 2.75) is 140 Å². The van der Waals surface area contributed by atoms with Crippen LogP contribution in [0.4, 0.5) is 26.3 Å². The molecule has 4 fully saturated rings. The molecule has 4 aliphatic rings. The molecule has 6 unspecified atom stereocenters. The summed E-state index contributed by atoms with van der Waals surface area (Å²) in [6.45, 7) is 14.1. The average Bonchev–Trinajstić information content (AvgIpc) is 3.72. The number of benzene rings is 2. The summed E-state index contributed by atoms with van der Waals surface area (Å²) in [6.07, 6.45) is -5.17. The zero-order valence-electron chi connectivity index (χ0n) is 40.7. The predicted molar refractivity (Wildman–Crippen MR) is 234 cm³/mol. The minimum atomic E-state index is -6.26. The van der Waals surface area contributed by atoms with Crippen LogP contribution in [0.15, 0.2) is 54.6 Å². The number of hydrogen-bond donors (Lipinski definition) is 1. The Kier molecular flexibility index (Phi) is 18.3. The van der Waals surface area contributed by atoms with E-state index >= 15 is 0 Å². The van der Waals surface area contributed by atoms with E-state index in [0.717, 1.165) is 6.54 Å². The van der Waals surface area contributed by atoms with Gasteiger partial charge in [-0.2, -0.15) is 17.6 Å². The Morgan fingerprint density at radius 1 is 0.700 bits per heavy atom. The van der Waals surface area contributed by atoms with E-state index in [4.69, 9.17) is 9.47 Å². The van der Waals surface area contributed by atoms with Crippen LogP contribution in [0.5, 0.6) is 0 Å². The molecular weight excluding hydrogens is 1100 g/mol. The van der Waals surface area contributed by atoms with Crippen LogP contribution in [0.2, 0.25) is 0 Å². The monoisotopic (exact) mass is 1160 g/mol. The standard InChI is InChI=1S/2C13H17F3O7S.C11H16I.C9H13N/c2*1-10(2)11(3)4-5-12(10,23-8(11)17)9(18)22-6-7(14)13(15,16)24(19,20)21;1-4-11(2,3)9-5-7-10(12)8-6-9;1-10(2)8-9-6-4-3-5-7-9/h2*7H,4-6H2,1-3H3,(H,19,20,21);5-8,12H,4H2,1-3H3;3-7H,8H2,1-2H3/q;;+1;/p-1. The molecule has 15 nitrogen and oxygen atoms in total. The molecule has 2 aliphatic carbocycles. The van der Waals surface area contributed by atoms with Gasteiger partial charge in [0.2, 0.25) is 23.5 Å². The lowest BCUT2D eigenvalue weighted by Crippen LogP contribution is -3.34. The van der Waals surface area contributed by atoms with E-state index in [1.54, 1.807) is 41.5 Å². The van der Waals surface area contributed by atoms with Gasteiger partial charge in [-0.25, -0.2) is 35.2 Å². The van der Waals surface area contributed by atoms with Crippen molar-refractivity contribution < 1.29 is 118 Å². The van der Waals surface area contributed by atoms with E-state index in [9.17, 15) is 71.5 Å². The predicted octanol–water partition coefficient (Wildman–Crippen LogP) is 2.42. The zero-order valence-corrected chi connectivity index (χ0v) is 44.7. The molecule has 2 saturated carbocycles. The first-order valence-electron chi connectivity index (χ1n) is 22.0. The quantitative estimate of drug-likeness (QED) is 0.0944. The second-order valence-corrected chi connectivity index (χ2v) is 24.4. The first-order chi connectivity index (χ1) is 31.6. The second kappa shape index (κ2) is 21.1. The summed E-state index contributed by atoms with van der Waals surface area (Å²) in [5.74, 6) is -3.80. The van der Waals surface area contributed by atoms with Crippen molar-refractivity contribution in [2.24, 2.45) is 21.7 Å². The highest BCUT2D eigenvalue weighted by atomic mass is 127. The molecule has 0 radical (unpaired) electrons. The van der Waals surface area contributed by atoms with E-state index in [-0.39, 0.29) is 25.7 Å². The van der Waals surface area contributed by atoms with E-state index in [0.29, 0.717) is 5.41 Å². The Morgan fingerprint density at radius 2 is 1.06 bits per heavy atom. The maximum Gasteiger partial charge on any atom is 0.368 e. The van der Waals surface area contributed by atoms with Gasteiger partial charge in [-0.05, 0) is 69.1 Å². The number of nitrogens with one attached hydrogen (secondary N) is 1. The van der Waals surface area contributed by atoms with Gasteiger partial charge < -0.3 is 33.0 Å². The second-order valence-electron chi connectivity index (χ2n) is 20.1. The number of rotatable bonds is 14. The number of carbonyl (C=O) groups excluding carboxylic acids is 4. The Bertz CT molecular complexity index is 2340. The summed E-state index contributed by atoms with van der Waals surface area (Å²) in [5, 5.41) is -10.5. The summed E-state index contributed by atoms with van der Waals surface area (Å²) in [5.41, 5.74) is -4.38. The lowest BCUT2D eigenvalue weighted by molar-refractivity contribution is -0.872. The van der Waals surface area contributed by atoms with Gasteiger partial charge in [-0.15, -0.1) is 0 Å². The fourth-order valence-corrected chi connectivity index (χ4v) is 9.71. The van der Waals surface area contributed by atoms with Crippen LogP contribution in [0.3, 0.4) is 0 Å². The van der Waals surface area contributed by atoms with Crippen LogP contribution in [0.25, 0.3) is 0 Å². The van der Waals surface area contributed by atoms with Gasteiger partial charge >= 0.3 is 34.4 Å². The van der Waals surface area contributed by atoms with Gasteiger partial charge in [0.15, 0.2) is 23.8 Å². The van der Waals surface area contributed by atoms with E-state index < -0.39 is 113 Å². The van der Waals surface area contributed by atoms with E-state index in [1.165, 1.54) is 26.0 Å². The van der Waals surface area contributed by atoms with Crippen LogP contribution in [-0.4, -0.2) is 111 Å². The van der Waals surface area contributed by atoms with Gasteiger partial charge in [0, 0.05) is 16.4 Å². The Morgan fingerprint density at radius 3 is 1.33 bits per heavy atom. The number of fused-ring (bicyclic) bond motifs is 4. The van der Waals surface area contributed by atoms with Crippen molar-refractivity contribution in [3.8, 4) is 0 Å². The highest BCUT2D eigenvalue weighted by molar-refractivity contribution is 7.87. The number of carbonyl (C=O) groups is 4. The lowest BCUT2D eigenvalue weighted by Gasteiger charge is -2.34. The smallest absolute Gasteiger partial charge is 0.368 e. The molecule has 0 amide bonds. The molecule has 2 aliphatic heterocycles. The number of ether oxygens (including phenoxy) is 4. The minimum absolute atomic E-state index is 0.0638. The molecule has 6 rings (SSSR count). The number of halogens is 7. The maximum absolute atomic E-state index is 13.4. The zero-order chi connectivity index (χ0) is 54.1. The summed E-state index contributed by atoms with van der Waals surface area (Å²) in [4.78, 5) is 49.9. The average molecular weight is 1160 g/mol. The van der Waals surface area contributed by atoms with Crippen molar-refractivity contribution >= 4 is 44.1 Å². The summed E-state index contributed by atoms with van der Waals surface area (Å²) in [7, 11) is -8.20. The number of alkyl halides is 6. The molecule has 396 valence electrons. The third-order valence-electron chi connectivity index (χ3n) is 14.9. The first-order valence-corrected chi connectivity index (χ1v) is 26.0. The minimum Gasteiger partial charge on any atom is -0.743 e. The highest BCUT2D eigenvalue weighted by Crippen LogP contribution is 2.67. The highest BCUT2D eigenvalue weighted by Gasteiger charge is 2.77. The molecule has 2 aromatic carbocycles. The number of esters is 4.